The highest BCUT2D eigenvalue weighted by Gasteiger charge is 2.58. The molecular weight excluding hydrogens is 404 g/mol. The van der Waals surface area contributed by atoms with Crippen molar-refractivity contribution in [2.45, 2.75) is 84.0 Å². The zero-order valence-electron chi connectivity index (χ0n) is 20.3. The molecule has 1 aliphatic carbocycles. The summed E-state index contributed by atoms with van der Waals surface area (Å²) in [6, 6.07) is 4.05. The minimum absolute atomic E-state index is 0.0764. The third-order valence-corrected chi connectivity index (χ3v) is 7.18. The van der Waals surface area contributed by atoms with Crippen LogP contribution in [0.15, 0.2) is 30.0 Å². The number of allylic oxidation sites excluding steroid dienone is 1. The monoisotopic (exact) mass is 444 g/mol. The lowest BCUT2D eigenvalue weighted by molar-refractivity contribution is -0.00777. The fourth-order valence-corrected chi connectivity index (χ4v) is 5.07. The summed E-state index contributed by atoms with van der Waals surface area (Å²) in [7, 11) is 1.85. The number of methoxy groups -OCH3 is 1. The van der Waals surface area contributed by atoms with Crippen LogP contribution in [0.4, 0.5) is 4.79 Å². The van der Waals surface area contributed by atoms with Gasteiger partial charge in [-0.3, -0.25) is 4.98 Å². The van der Waals surface area contributed by atoms with Crippen molar-refractivity contribution in [2.24, 2.45) is 11.8 Å². The van der Waals surface area contributed by atoms with E-state index in [2.05, 4.69) is 37.9 Å². The molecule has 0 aromatic carbocycles. The fourth-order valence-electron chi connectivity index (χ4n) is 5.07. The van der Waals surface area contributed by atoms with Gasteiger partial charge in [-0.25, -0.2) is 4.79 Å². The number of hydrogen-bond donors (Lipinski definition) is 1. The van der Waals surface area contributed by atoms with Crippen LogP contribution in [0.1, 0.15) is 64.1 Å². The minimum atomic E-state index is -0.812. The molecule has 4 rings (SSSR count). The molecule has 1 N–H and O–H groups in total. The highest BCUT2D eigenvalue weighted by molar-refractivity contribution is 5.66. The van der Waals surface area contributed by atoms with E-state index in [1.165, 1.54) is 41.7 Å². The number of carbonyl (C=O) groups is 1. The molecule has 0 spiro atoms. The Labute approximate surface area is 193 Å². The molecule has 6 nitrogen and oxygen atoms in total. The molecule has 2 aliphatic heterocycles. The van der Waals surface area contributed by atoms with Gasteiger partial charge in [0.15, 0.2) is 0 Å². The van der Waals surface area contributed by atoms with Crippen molar-refractivity contribution >= 4 is 6.09 Å². The van der Waals surface area contributed by atoms with Crippen molar-refractivity contribution in [3.63, 3.8) is 0 Å². The molecule has 3 aliphatic rings. The van der Waals surface area contributed by atoms with E-state index in [0.717, 1.165) is 18.5 Å². The average molecular weight is 445 g/mol. The van der Waals surface area contributed by atoms with Crippen molar-refractivity contribution in [1.82, 2.24) is 9.88 Å². The Morgan fingerprint density at radius 1 is 1.31 bits per heavy atom. The summed E-state index contributed by atoms with van der Waals surface area (Å²) in [5.41, 5.74) is 3.66. The lowest BCUT2D eigenvalue weighted by atomic mass is 9.76. The number of carboxylic acid groups (broad SMARTS) is 1. The predicted octanol–water partition coefficient (Wildman–Crippen LogP) is 5.25. The maximum atomic E-state index is 10.5. The number of epoxide rings is 1. The van der Waals surface area contributed by atoms with Crippen LogP contribution < -0.4 is 0 Å². The molecule has 3 heterocycles. The van der Waals surface area contributed by atoms with Crippen molar-refractivity contribution in [3.05, 3.63) is 41.2 Å². The Hall–Kier alpha value is -1.92. The average Bonchev–Trinajstić information content (AvgIpc) is 3.41. The smallest absolute Gasteiger partial charge is 0.407 e. The third-order valence-electron chi connectivity index (χ3n) is 7.18. The molecule has 1 aromatic rings. The van der Waals surface area contributed by atoms with Gasteiger partial charge in [-0.1, -0.05) is 30.6 Å². The lowest BCUT2D eigenvalue weighted by Gasteiger charge is -2.37. The number of aryl methyl sites for hydroxylation is 1. The highest BCUT2D eigenvalue weighted by Crippen LogP contribution is 2.50. The van der Waals surface area contributed by atoms with Crippen molar-refractivity contribution < 1.29 is 19.4 Å². The number of hydrogen-bond acceptors (Lipinski definition) is 4. The summed E-state index contributed by atoms with van der Waals surface area (Å²) in [5, 5.41) is 8.67. The number of pyridine rings is 1. The molecular formula is C26H40N2O4. The molecule has 0 bridgehead atoms. The molecule has 1 saturated carbocycles. The summed E-state index contributed by atoms with van der Waals surface area (Å²) in [6.07, 6.45) is 11.3. The molecule has 32 heavy (non-hydrogen) atoms. The second-order valence-corrected chi connectivity index (χ2v) is 10.0. The molecule has 2 saturated heterocycles. The molecule has 1 aromatic heterocycles. The summed E-state index contributed by atoms with van der Waals surface area (Å²) >= 11 is 0. The third kappa shape index (κ3) is 6.32. The Kier molecular flexibility index (Phi) is 8.34. The maximum absolute atomic E-state index is 10.5. The Morgan fingerprint density at radius 3 is 2.62 bits per heavy atom. The fraction of sp³-hybridized carbons (Fsp3) is 0.692. The predicted molar refractivity (Wildman–Crippen MR) is 126 cm³/mol. The quantitative estimate of drug-likeness (QED) is 0.479. The van der Waals surface area contributed by atoms with Crippen molar-refractivity contribution in [2.75, 3.05) is 20.2 Å². The van der Waals surface area contributed by atoms with Crippen LogP contribution >= 0.6 is 0 Å². The van der Waals surface area contributed by atoms with Crippen LogP contribution in [0, 0.1) is 18.8 Å². The van der Waals surface area contributed by atoms with E-state index in [1.807, 2.05) is 26.3 Å². The Morgan fingerprint density at radius 2 is 2.03 bits per heavy atom. The molecule has 6 heteroatoms. The van der Waals surface area contributed by atoms with Gasteiger partial charge in [0, 0.05) is 38.0 Å². The molecule has 1 amide bonds. The summed E-state index contributed by atoms with van der Waals surface area (Å²) in [6.45, 7) is 9.85. The number of ether oxygens (including phenoxy) is 2. The van der Waals surface area contributed by atoms with Crippen LogP contribution in [0.25, 0.3) is 0 Å². The molecule has 178 valence electrons. The van der Waals surface area contributed by atoms with Gasteiger partial charge in [-0.2, -0.15) is 0 Å². The standard InChI is InChI=1S/C15H26O2.C11H14N2O2/c1-11(2)9-10-14-15(3,17-14)12-7-5-6-8-13(12)16-4;1-8-2-3-9(5-12-8)4-10-6-13(7-10)11(14)15/h9,12-14H,5-8,10H2,1-4H3;2-3,5,10H,4,6-7H2,1H3,(H,14,15). The van der Waals surface area contributed by atoms with Crippen LogP contribution in [0.3, 0.4) is 0 Å². The molecule has 3 fully saturated rings. The maximum Gasteiger partial charge on any atom is 0.407 e. The number of aromatic nitrogens is 1. The molecule has 0 radical (unpaired) electrons. The van der Waals surface area contributed by atoms with E-state index in [0.29, 0.717) is 37.1 Å². The first kappa shape index (κ1) is 24.7. The van der Waals surface area contributed by atoms with Gasteiger partial charge >= 0.3 is 6.09 Å². The van der Waals surface area contributed by atoms with Crippen LogP contribution in [-0.2, 0) is 15.9 Å². The Bertz CT molecular complexity index is 784. The van der Waals surface area contributed by atoms with E-state index in [-0.39, 0.29) is 5.60 Å². The van der Waals surface area contributed by atoms with Crippen molar-refractivity contribution in [3.8, 4) is 0 Å². The number of amides is 1. The van der Waals surface area contributed by atoms with Gasteiger partial charge in [-0.05, 0) is 70.9 Å². The first-order valence-electron chi connectivity index (χ1n) is 12.0. The molecule has 4 unspecified atom stereocenters. The van der Waals surface area contributed by atoms with E-state index in [4.69, 9.17) is 14.6 Å². The lowest BCUT2D eigenvalue weighted by Crippen LogP contribution is -2.50. The zero-order chi connectivity index (χ0) is 23.3. The van der Waals surface area contributed by atoms with Gasteiger partial charge in [0.25, 0.3) is 0 Å². The van der Waals surface area contributed by atoms with Crippen molar-refractivity contribution in [1.29, 1.82) is 0 Å². The number of likely N-dealkylation sites (tertiary alicyclic amines) is 1. The van der Waals surface area contributed by atoms with E-state index in [1.54, 1.807) is 0 Å². The topological polar surface area (TPSA) is 75.2 Å². The van der Waals surface area contributed by atoms with Crippen LogP contribution in [-0.4, -0.2) is 59.1 Å². The Balaban J connectivity index is 0.000000182. The van der Waals surface area contributed by atoms with Crippen LogP contribution in [0.5, 0.6) is 0 Å². The summed E-state index contributed by atoms with van der Waals surface area (Å²) in [5.74, 6) is 1.06. The van der Waals surface area contributed by atoms with Gasteiger partial charge in [0.2, 0.25) is 0 Å². The largest absolute Gasteiger partial charge is 0.465 e. The summed E-state index contributed by atoms with van der Waals surface area (Å²) < 4.78 is 11.7. The second kappa shape index (κ2) is 10.8. The zero-order valence-corrected chi connectivity index (χ0v) is 20.3. The van der Waals surface area contributed by atoms with Gasteiger partial charge in [0.1, 0.15) is 0 Å². The highest BCUT2D eigenvalue weighted by atomic mass is 16.6. The summed E-state index contributed by atoms with van der Waals surface area (Å²) in [4.78, 5) is 16.2. The van der Waals surface area contributed by atoms with Crippen LogP contribution in [0.2, 0.25) is 0 Å². The normalized spacial score (nSPS) is 29.4. The van der Waals surface area contributed by atoms with Gasteiger partial charge < -0.3 is 19.5 Å². The first-order chi connectivity index (χ1) is 15.2. The number of nitrogens with zero attached hydrogens (tertiary/aromatic N) is 2. The minimum Gasteiger partial charge on any atom is -0.465 e. The molecule has 4 atom stereocenters. The van der Waals surface area contributed by atoms with E-state index < -0.39 is 6.09 Å². The van der Waals surface area contributed by atoms with Gasteiger partial charge in [0.05, 0.1) is 17.8 Å². The number of rotatable bonds is 6. The SMILES string of the molecule is COC1CCCCC1C1(C)OC1CC=C(C)C.Cc1ccc(CC2CN(C(=O)O)C2)cn1. The van der Waals surface area contributed by atoms with Gasteiger partial charge in [-0.15, -0.1) is 0 Å². The second-order valence-electron chi connectivity index (χ2n) is 10.0. The first-order valence-corrected chi connectivity index (χ1v) is 12.0. The van der Waals surface area contributed by atoms with E-state index in [9.17, 15) is 4.79 Å². The van der Waals surface area contributed by atoms with E-state index >= 15 is 0 Å².